The largest absolute Gasteiger partial charge is 0.281 e. The van der Waals surface area contributed by atoms with E-state index in [9.17, 15) is 5.26 Å². The number of benzene rings is 1. The third kappa shape index (κ3) is 2.50. The summed E-state index contributed by atoms with van der Waals surface area (Å²) in [5.74, 6) is 0. The topological polar surface area (TPSA) is 27.0 Å². The van der Waals surface area contributed by atoms with Crippen molar-refractivity contribution in [1.29, 1.82) is 5.26 Å². The van der Waals surface area contributed by atoms with Crippen LogP contribution in [-0.2, 0) is 6.54 Å². The Morgan fingerprint density at radius 2 is 1.88 bits per heavy atom. The van der Waals surface area contributed by atoms with E-state index < -0.39 is 0 Å². The van der Waals surface area contributed by atoms with Gasteiger partial charge in [-0.25, -0.2) is 0 Å². The molecule has 0 spiro atoms. The van der Waals surface area contributed by atoms with Gasteiger partial charge in [0.2, 0.25) is 0 Å². The molecule has 90 valence electrons. The lowest BCUT2D eigenvalue weighted by Gasteiger charge is -2.35. The van der Waals surface area contributed by atoms with Crippen molar-refractivity contribution in [3.63, 3.8) is 0 Å². The summed E-state index contributed by atoms with van der Waals surface area (Å²) in [7, 11) is 0. The van der Waals surface area contributed by atoms with Crippen molar-refractivity contribution in [2.24, 2.45) is 0 Å². The van der Waals surface area contributed by atoms with Gasteiger partial charge in [0, 0.05) is 6.54 Å². The van der Waals surface area contributed by atoms with Gasteiger partial charge in [0.05, 0.1) is 6.07 Å². The van der Waals surface area contributed by atoms with Crippen molar-refractivity contribution in [3.8, 4) is 6.07 Å². The second-order valence-corrected chi connectivity index (χ2v) is 4.85. The summed E-state index contributed by atoms with van der Waals surface area (Å²) in [5.41, 5.74) is 1.10. The van der Waals surface area contributed by atoms with Crippen molar-refractivity contribution in [1.82, 2.24) is 4.90 Å². The van der Waals surface area contributed by atoms with Gasteiger partial charge in [-0.3, -0.25) is 4.90 Å². The highest BCUT2D eigenvalue weighted by Crippen LogP contribution is 2.35. The second kappa shape index (κ2) is 5.33. The van der Waals surface area contributed by atoms with E-state index >= 15 is 0 Å². The normalized spacial score (nSPS) is 18.2. The van der Waals surface area contributed by atoms with Crippen LogP contribution in [0.3, 0.4) is 0 Å². The fraction of sp³-hybridized carbons (Fsp3) is 0.533. The van der Waals surface area contributed by atoms with Crippen LogP contribution < -0.4 is 0 Å². The van der Waals surface area contributed by atoms with E-state index in [1.165, 1.54) is 18.4 Å². The van der Waals surface area contributed by atoms with Gasteiger partial charge < -0.3 is 0 Å². The number of hydrogen-bond donors (Lipinski definition) is 0. The van der Waals surface area contributed by atoms with Crippen LogP contribution in [0.4, 0.5) is 0 Å². The number of nitrogens with zero attached hydrogens (tertiary/aromatic N) is 2. The zero-order valence-corrected chi connectivity index (χ0v) is 10.5. The van der Waals surface area contributed by atoms with E-state index in [1.54, 1.807) is 0 Å². The lowest BCUT2D eigenvalue weighted by atomic mass is 9.96. The summed E-state index contributed by atoms with van der Waals surface area (Å²) in [6, 6.07) is 13.0. The Labute approximate surface area is 104 Å². The van der Waals surface area contributed by atoms with Crippen LogP contribution in [0.15, 0.2) is 30.3 Å². The Morgan fingerprint density at radius 1 is 1.24 bits per heavy atom. The first kappa shape index (κ1) is 12.1. The highest BCUT2D eigenvalue weighted by atomic mass is 15.2. The molecule has 2 rings (SSSR count). The quantitative estimate of drug-likeness (QED) is 0.790. The molecule has 1 aliphatic rings. The van der Waals surface area contributed by atoms with E-state index in [1.807, 2.05) is 6.07 Å². The van der Waals surface area contributed by atoms with Gasteiger partial charge in [-0.2, -0.15) is 5.26 Å². The van der Waals surface area contributed by atoms with Crippen molar-refractivity contribution >= 4 is 0 Å². The summed E-state index contributed by atoms with van der Waals surface area (Å²) in [5, 5.41) is 9.50. The third-order valence-electron chi connectivity index (χ3n) is 3.84. The Morgan fingerprint density at radius 3 is 2.41 bits per heavy atom. The standard InChI is InChI=1S/C15H20N2/c1-2-17(12-14-8-4-3-5-9-14)15(13-16)10-6-7-11-15/h3-5,8-9H,2,6-7,10-12H2,1H3. The molecule has 0 atom stereocenters. The summed E-state index contributed by atoms with van der Waals surface area (Å²) in [4.78, 5) is 2.34. The molecule has 0 saturated heterocycles. The van der Waals surface area contributed by atoms with Crippen molar-refractivity contribution < 1.29 is 0 Å². The molecule has 1 fully saturated rings. The SMILES string of the molecule is CCN(Cc1ccccc1)C1(C#N)CCCC1. The Balaban J connectivity index is 2.14. The Kier molecular flexibility index (Phi) is 3.81. The zero-order chi connectivity index (χ0) is 12.1. The summed E-state index contributed by atoms with van der Waals surface area (Å²) >= 11 is 0. The minimum Gasteiger partial charge on any atom is -0.281 e. The van der Waals surface area contributed by atoms with Gasteiger partial charge in [-0.1, -0.05) is 50.1 Å². The molecule has 0 N–H and O–H groups in total. The maximum Gasteiger partial charge on any atom is 0.109 e. The molecular formula is C15H20N2. The Hall–Kier alpha value is -1.33. The lowest BCUT2D eigenvalue weighted by molar-refractivity contribution is 0.140. The highest BCUT2D eigenvalue weighted by molar-refractivity contribution is 5.17. The predicted octanol–water partition coefficient (Wildman–Crippen LogP) is 3.34. The number of hydrogen-bond acceptors (Lipinski definition) is 2. The highest BCUT2D eigenvalue weighted by Gasteiger charge is 2.38. The lowest BCUT2D eigenvalue weighted by Crippen LogP contribution is -2.44. The van der Waals surface area contributed by atoms with Crippen LogP contribution in [0.2, 0.25) is 0 Å². The summed E-state index contributed by atoms with van der Waals surface area (Å²) < 4.78 is 0. The van der Waals surface area contributed by atoms with E-state index in [4.69, 9.17) is 0 Å². The van der Waals surface area contributed by atoms with Crippen molar-refractivity contribution in [2.45, 2.75) is 44.7 Å². The van der Waals surface area contributed by atoms with Gasteiger partial charge >= 0.3 is 0 Å². The average molecular weight is 228 g/mol. The van der Waals surface area contributed by atoms with Crippen LogP contribution in [0.1, 0.15) is 38.2 Å². The summed E-state index contributed by atoms with van der Waals surface area (Å²) in [6.45, 7) is 3.99. The molecule has 2 nitrogen and oxygen atoms in total. The third-order valence-corrected chi connectivity index (χ3v) is 3.84. The molecule has 1 aliphatic carbocycles. The molecule has 1 saturated carbocycles. The molecule has 1 aromatic carbocycles. The second-order valence-electron chi connectivity index (χ2n) is 4.85. The van der Waals surface area contributed by atoms with Crippen molar-refractivity contribution in [3.05, 3.63) is 35.9 Å². The van der Waals surface area contributed by atoms with Crippen LogP contribution >= 0.6 is 0 Å². The Bertz CT molecular complexity index is 385. The van der Waals surface area contributed by atoms with Crippen LogP contribution in [0.5, 0.6) is 0 Å². The van der Waals surface area contributed by atoms with Gasteiger partial charge in [0.15, 0.2) is 0 Å². The minimum atomic E-state index is -0.204. The van der Waals surface area contributed by atoms with Gasteiger partial charge in [-0.05, 0) is 24.9 Å². The maximum absolute atomic E-state index is 9.50. The first-order chi connectivity index (χ1) is 8.30. The fourth-order valence-corrected chi connectivity index (χ4v) is 2.83. The van der Waals surface area contributed by atoms with E-state index in [0.717, 1.165) is 25.9 Å². The number of nitriles is 1. The van der Waals surface area contributed by atoms with E-state index in [-0.39, 0.29) is 5.54 Å². The molecule has 0 amide bonds. The molecule has 0 heterocycles. The molecule has 2 heteroatoms. The van der Waals surface area contributed by atoms with Crippen LogP contribution in [-0.4, -0.2) is 17.0 Å². The van der Waals surface area contributed by atoms with Gasteiger partial charge in [0.1, 0.15) is 5.54 Å². The fourth-order valence-electron chi connectivity index (χ4n) is 2.83. The molecule has 17 heavy (non-hydrogen) atoms. The molecule has 0 aromatic heterocycles. The molecule has 0 unspecified atom stereocenters. The predicted molar refractivity (Wildman–Crippen MR) is 69.3 cm³/mol. The number of rotatable bonds is 4. The van der Waals surface area contributed by atoms with Gasteiger partial charge in [0.25, 0.3) is 0 Å². The van der Waals surface area contributed by atoms with E-state index in [0.29, 0.717) is 0 Å². The first-order valence-electron chi connectivity index (χ1n) is 6.51. The van der Waals surface area contributed by atoms with Crippen LogP contribution in [0, 0.1) is 11.3 Å². The maximum atomic E-state index is 9.50. The molecular weight excluding hydrogens is 208 g/mol. The zero-order valence-electron chi connectivity index (χ0n) is 10.5. The molecule has 0 bridgehead atoms. The smallest absolute Gasteiger partial charge is 0.109 e. The van der Waals surface area contributed by atoms with E-state index in [2.05, 4.69) is 42.2 Å². The first-order valence-corrected chi connectivity index (χ1v) is 6.51. The van der Waals surface area contributed by atoms with Gasteiger partial charge in [-0.15, -0.1) is 0 Å². The van der Waals surface area contributed by atoms with Crippen molar-refractivity contribution in [2.75, 3.05) is 6.54 Å². The van der Waals surface area contributed by atoms with Crippen LogP contribution in [0.25, 0.3) is 0 Å². The minimum absolute atomic E-state index is 0.204. The molecule has 0 aliphatic heterocycles. The average Bonchev–Trinajstić information content (AvgIpc) is 2.87. The molecule has 0 radical (unpaired) electrons. The monoisotopic (exact) mass is 228 g/mol. The molecule has 1 aromatic rings. The summed E-state index contributed by atoms with van der Waals surface area (Å²) in [6.07, 6.45) is 4.45.